The molecule has 1 aliphatic rings. The van der Waals surface area contributed by atoms with Crippen LogP contribution in [0.2, 0.25) is 0 Å². The Morgan fingerprint density at radius 3 is 2.34 bits per heavy atom. The maximum Gasteiger partial charge on any atom is 0.263 e. The molecule has 3 aromatic rings. The van der Waals surface area contributed by atoms with Crippen LogP contribution in [0.5, 0.6) is 0 Å². The second-order valence-corrected chi connectivity index (χ2v) is 10.3. The summed E-state index contributed by atoms with van der Waals surface area (Å²) < 4.78 is 56.7. The normalized spacial score (nSPS) is 14.8. The fourth-order valence-electron chi connectivity index (χ4n) is 4.11. The number of carbonyl (C=O) groups is 1. The van der Waals surface area contributed by atoms with Crippen LogP contribution in [0.15, 0.2) is 47.6 Å². The molecule has 1 N–H and O–H groups in total. The first-order valence-corrected chi connectivity index (χ1v) is 12.7. The molecule has 1 aliphatic heterocycles. The number of nitrogens with zero attached hydrogens (tertiary/aromatic N) is 4. The fraction of sp³-hybridized carbons (Fsp3) is 0.333. The Morgan fingerprint density at radius 2 is 1.71 bits per heavy atom. The number of carbonyl (C=O) groups excluding carboxylic acids is 1. The van der Waals surface area contributed by atoms with Gasteiger partial charge in [0.25, 0.3) is 15.9 Å². The molecular formula is C24H27F2N5O3S. The fourth-order valence-corrected chi connectivity index (χ4v) is 5.63. The second kappa shape index (κ2) is 9.74. The maximum absolute atomic E-state index is 13.5. The molecule has 0 bridgehead atoms. The van der Waals surface area contributed by atoms with E-state index in [0.717, 1.165) is 28.9 Å². The minimum Gasteiger partial charge on any atom is -0.369 e. The largest absolute Gasteiger partial charge is 0.369 e. The molecule has 35 heavy (non-hydrogen) atoms. The number of hydrogen-bond donors (Lipinski definition) is 1. The van der Waals surface area contributed by atoms with Gasteiger partial charge in [-0.1, -0.05) is 12.1 Å². The number of rotatable bonds is 6. The summed E-state index contributed by atoms with van der Waals surface area (Å²) in [6.45, 7) is 7.61. The first-order valence-electron chi connectivity index (χ1n) is 11.3. The standard InChI is InChI=1S/C24H27F2N5O3S/c1-4-30-15-21(23(32)27-20-13-18(25)12-19(26)14-20)24(28-30)35(33,34)31-10-8-29(9-11-31)22-7-5-6-16(2)17(22)3/h5-7,12-15H,4,8-11H2,1-3H3,(H,27,32). The summed E-state index contributed by atoms with van der Waals surface area (Å²) in [5.74, 6) is -2.54. The van der Waals surface area contributed by atoms with Crippen LogP contribution < -0.4 is 10.2 Å². The van der Waals surface area contributed by atoms with Crippen LogP contribution in [0.1, 0.15) is 28.4 Å². The molecule has 11 heteroatoms. The third kappa shape index (κ3) is 5.06. The van der Waals surface area contributed by atoms with Crippen molar-refractivity contribution in [3.8, 4) is 0 Å². The van der Waals surface area contributed by atoms with Gasteiger partial charge in [0.05, 0.1) is 5.56 Å². The van der Waals surface area contributed by atoms with Crippen molar-refractivity contribution < 1.29 is 22.0 Å². The van der Waals surface area contributed by atoms with Crippen LogP contribution in [0.4, 0.5) is 20.2 Å². The van der Waals surface area contributed by atoms with Crippen molar-refractivity contribution in [1.82, 2.24) is 14.1 Å². The monoisotopic (exact) mass is 503 g/mol. The van der Waals surface area contributed by atoms with Crippen molar-refractivity contribution in [2.75, 3.05) is 36.4 Å². The van der Waals surface area contributed by atoms with E-state index in [2.05, 4.69) is 15.3 Å². The van der Waals surface area contributed by atoms with Crippen LogP contribution in [-0.2, 0) is 16.6 Å². The first kappa shape index (κ1) is 24.8. The van der Waals surface area contributed by atoms with E-state index in [9.17, 15) is 22.0 Å². The van der Waals surface area contributed by atoms with Gasteiger partial charge in [0, 0.05) is 56.4 Å². The zero-order valence-electron chi connectivity index (χ0n) is 19.8. The molecule has 2 aromatic carbocycles. The van der Waals surface area contributed by atoms with Gasteiger partial charge in [-0.15, -0.1) is 0 Å². The molecule has 0 aliphatic carbocycles. The predicted molar refractivity (Wildman–Crippen MR) is 129 cm³/mol. The summed E-state index contributed by atoms with van der Waals surface area (Å²) in [4.78, 5) is 15.1. The van der Waals surface area contributed by atoms with Crippen molar-refractivity contribution in [1.29, 1.82) is 0 Å². The van der Waals surface area contributed by atoms with E-state index in [1.165, 1.54) is 15.2 Å². The van der Waals surface area contributed by atoms with Crippen LogP contribution >= 0.6 is 0 Å². The minimum atomic E-state index is -4.09. The van der Waals surface area contributed by atoms with Gasteiger partial charge >= 0.3 is 0 Å². The number of piperazine rings is 1. The Hall–Kier alpha value is -3.31. The number of halogens is 2. The summed E-state index contributed by atoms with van der Waals surface area (Å²) in [5.41, 5.74) is 3.07. The lowest BCUT2D eigenvalue weighted by Gasteiger charge is -2.36. The van der Waals surface area contributed by atoms with E-state index in [4.69, 9.17) is 0 Å². The highest BCUT2D eigenvalue weighted by Crippen LogP contribution is 2.27. The van der Waals surface area contributed by atoms with E-state index in [-0.39, 0.29) is 29.4 Å². The van der Waals surface area contributed by atoms with E-state index in [0.29, 0.717) is 25.7 Å². The molecule has 8 nitrogen and oxygen atoms in total. The van der Waals surface area contributed by atoms with E-state index >= 15 is 0 Å². The van der Waals surface area contributed by atoms with E-state index < -0.39 is 27.6 Å². The Bertz CT molecular complexity index is 1350. The van der Waals surface area contributed by atoms with Crippen molar-refractivity contribution >= 4 is 27.3 Å². The molecule has 186 valence electrons. The van der Waals surface area contributed by atoms with Crippen LogP contribution in [0.3, 0.4) is 0 Å². The number of aryl methyl sites for hydroxylation is 2. The summed E-state index contributed by atoms with van der Waals surface area (Å²) in [6, 6.07) is 8.62. The lowest BCUT2D eigenvalue weighted by molar-refractivity contribution is 0.102. The van der Waals surface area contributed by atoms with Crippen molar-refractivity contribution in [2.45, 2.75) is 32.3 Å². The van der Waals surface area contributed by atoms with Crippen molar-refractivity contribution in [3.05, 3.63) is 70.9 Å². The second-order valence-electron chi connectivity index (χ2n) is 8.43. The molecule has 0 radical (unpaired) electrons. The molecule has 1 amide bonds. The van der Waals surface area contributed by atoms with Gasteiger partial charge in [-0.25, -0.2) is 17.2 Å². The quantitative estimate of drug-likeness (QED) is 0.556. The van der Waals surface area contributed by atoms with Gasteiger partial charge in [0.1, 0.15) is 11.6 Å². The molecule has 0 saturated carbocycles. The number of aromatic nitrogens is 2. The highest BCUT2D eigenvalue weighted by Gasteiger charge is 2.35. The third-order valence-corrected chi connectivity index (χ3v) is 7.99. The summed E-state index contributed by atoms with van der Waals surface area (Å²) >= 11 is 0. The minimum absolute atomic E-state index is 0.123. The number of sulfonamides is 1. The highest BCUT2D eigenvalue weighted by molar-refractivity contribution is 7.89. The first-order chi connectivity index (χ1) is 16.6. The van der Waals surface area contributed by atoms with Crippen LogP contribution in [-0.4, -0.2) is 54.6 Å². The molecule has 0 atom stereocenters. The highest BCUT2D eigenvalue weighted by atomic mass is 32.2. The predicted octanol–water partition coefficient (Wildman–Crippen LogP) is 3.56. The Labute approximate surface area is 203 Å². The Balaban J connectivity index is 1.57. The van der Waals surface area contributed by atoms with E-state index in [1.807, 2.05) is 32.0 Å². The number of benzene rings is 2. The van der Waals surface area contributed by atoms with Gasteiger partial charge in [-0.3, -0.25) is 9.48 Å². The van der Waals surface area contributed by atoms with Crippen LogP contribution in [0, 0.1) is 25.5 Å². The molecule has 2 heterocycles. The van der Waals surface area contributed by atoms with Crippen molar-refractivity contribution in [3.63, 3.8) is 0 Å². The number of nitrogens with one attached hydrogen (secondary N) is 1. The summed E-state index contributed by atoms with van der Waals surface area (Å²) in [5, 5.41) is 6.13. The average molecular weight is 504 g/mol. The van der Waals surface area contributed by atoms with Gasteiger partial charge in [-0.2, -0.15) is 9.40 Å². The Kier molecular flexibility index (Phi) is 6.91. The zero-order chi connectivity index (χ0) is 25.3. The zero-order valence-corrected chi connectivity index (χ0v) is 20.6. The van der Waals surface area contributed by atoms with Gasteiger partial charge in [0.2, 0.25) is 5.03 Å². The summed E-state index contributed by atoms with van der Waals surface area (Å²) in [6.07, 6.45) is 1.32. The molecule has 1 fully saturated rings. The van der Waals surface area contributed by atoms with Crippen LogP contribution in [0.25, 0.3) is 0 Å². The molecular weight excluding hydrogens is 476 g/mol. The van der Waals surface area contributed by atoms with Gasteiger partial charge in [0.15, 0.2) is 0 Å². The molecule has 1 aromatic heterocycles. The average Bonchev–Trinajstić information content (AvgIpc) is 3.26. The topological polar surface area (TPSA) is 87.5 Å². The van der Waals surface area contributed by atoms with Crippen molar-refractivity contribution in [2.24, 2.45) is 0 Å². The number of anilines is 2. The smallest absolute Gasteiger partial charge is 0.263 e. The lowest BCUT2D eigenvalue weighted by atomic mass is 10.1. The number of hydrogen-bond acceptors (Lipinski definition) is 5. The molecule has 0 unspecified atom stereocenters. The lowest BCUT2D eigenvalue weighted by Crippen LogP contribution is -2.49. The van der Waals surface area contributed by atoms with Gasteiger partial charge < -0.3 is 10.2 Å². The Morgan fingerprint density at radius 1 is 1.06 bits per heavy atom. The third-order valence-electron chi connectivity index (χ3n) is 6.16. The molecule has 4 rings (SSSR count). The molecule has 0 spiro atoms. The van der Waals surface area contributed by atoms with Gasteiger partial charge in [-0.05, 0) is 50.1 Å². The number of amides is 1. The summed E-state index contributed by atoms with van der Waals surface area (Å²) in [7, 11) is -4.09. The SMILES string of the molecule is CCn1cc(C(=O)Nc2cc(F)cc(F)c2)c(S(=O)(=O)N2CCN(c3cccc(C)c3C)CC2)n1. The maximum atomic E-state index is 13.5. The van der Waals surface area contributed by atoms with E-state index in [1.54, 1.807) is 6.92 Å². The molecule has 1 saturated heterocycles.